The van der Waals surface area contributed by atoms with Crippen molar-refractivity contribution in [1.29, 1.82) is 0 Å². The summed E-state index contributed by atoms with van der Waals surface area (Å²) < 4.78 is 0. The van der Waals surface area contributed by atoms with Crippen LogP contribution in [0.15, 0.2) is 4.99 Å². The molecular weight excluding hydrogens is 272 g/mol. The number of guanidine groups is 1. The Balaban J connectivity index is 2.34. The zero-order valence-corrected chi connectivity index (χ0v) is 13.9. The van der Waals surface area contributed by atoms with Gasteiger partial charge in [0.1, 0.15) is 0 Å². The molecule has 2 N–H and O–H groups in total. The molecule has 116 valence electrons. The van der Waals surface area contributed by atoms with Crippen molar-refractivity contribution in [3.63, 3.8) is 0 Å². The van der Waals surface area contributed by atoms with Crippen LogP contribution >= 0.6 is 11.8 Å². The minimum absolute atomic E-state index is 0.0867. The molecule has 1 aliphatic rings. The second-order valence-corrected chi connectivity index (χ2v) is 6.70. The van der Waals surface area contributed by atoms with Crippen LogP contribution in [0.4, 0.5) is 0 Å². The van der Waals surface area contributed by atoms with Crippen molar-refractivity contribution >= 4 is 23.6 Å². The quantitative estimate of drug-likeness (QED) is 0.594. The Morgan fingerprint density at radius 2 is 2.25 bits per heavy atom. The molecule has 1 saturated heterocycles. The van der Waals surface area contributed by atoms with Gasteiger partial charge in [0.15, 0.2) is 5.96 Å². The molecule has 1 unspecified atom stereocenters. The molecule has 0 aromatic rings. The lowest BCUT2D eigenvalue weighted by Gasteiger charge is -2.34. The van der Waals surface area contributed by atoms with Crippen LogP contribution in [0.2, 0.25) is 0 Å². The van der Waals surface area contributed by atoms with E-state index in [1.54, 1.807) is 7.05 Å². The van der Waals surface area contributed by atoms with Crippen molar-refractivity contribution in [3.8, 4) is 0 Å². The van der Waals surface area contributed by atoms with Crippen LogP contribution < -0.4 is 10.6 Å². The number of aliphatic imine (C=N–C) groups is 1. The molecule has 1 atom stereocenters. The van der Waals surface area contributed by atoms with Crippen molar-refractivity contribution in [1.82, 2.24) is 15.5 Å². The third kappa shape index (κ3) is 6.03. The SMILES string of the molecule is CCC1CN(C(=NC)NCCC(=O)NC(C)C)CCS1. The number of hydrogen-bond donors (Lipinski definition) is 2. The molecule has 1 aliphatic heterocycles. The van der Waals surface area contributed by atoms with Crippen molar-refractivity contribution < 1.29 is 4.79 Å². The average Bonchev–Trinajstić information content (AvgIpc) is 2.43. The summed E-state index contributed by atoms with van der Waals surface area (Å²) >= 11 is 2.04. The van der Waals surface area contributed by atoms with Gasteiger partial charge in [0.2, 0.25) is 5.91 Å². The summed E-state index contributed by atoms with van der Waals surface area (Å²) in [5.41, 5.74) is 0. The van der Waals surface area contributed by atoms with Crippen LogP contribution in [0, 0.1) is 0 Å². The van der Waals surface area contributed by atoms with E-state index in [9.17, 15) is 4.79 Å². The van der Waals surface area contributed by atoms with Gasteiger partial charge in [-0.2, -0.15) is 11.8 Å². The summed E-state index contributed by atoms with van der Waals surface area (Å²) in [5, 5.41) is 6.87. The molecule has 1 amide bonds. The maximum atomic E-state index is 11.6. The Morgan fingerprint density at radius 3 is 2.85 bits per heavy atom. The summed E-state index contributed by atoms with van der Waals surface area (Å²) in [7, 11) is 1.80. The fourth-order valence-corrected chi connectivity index (χ4v) is 3.35. The first-order valence-electron chi connectivity index (χ1n) is 7.43. The van der Waals surface area contributed by atoms with Gasteiger partial charge in [0.25, 0.3) is 0 Å². The molecule has 1 fully saturated rings. The summed E-state index contributed by atoms with van der Waals surface area (Å²) in [4.78, 5) is 18.2. The van der Waals surface area contributed by atoms with E-state index in [-0.39, 0.29) is 11.9 Å². The van der Waals surface area contributed by atoms with E-state index < -0.39 is 0 Å². The summed E-state index contributed by atoms with van der Waals surface area (Å²) in [6.07, 6.45) is 1.67. The van der Waals surface area contributed by atoms with Gasteiger partial charge in [0, 0.05) is 50.1 Å². The minimum atomic E-state index is 0.0867. The summed E-state index contributed by atoms with van der Waals surface area (Å²) in [6, 6.07) is 0.200. The molecule has 1 rings (SSSR count). The van der Waals surface area contributed by atoms with E-state index in [0.717, 1.165) is 24.8 Å². The molecular formula is C14H28N4OS. The molecule has 0 bridgehead atoms. The fourth-order valence-electron chi connectivity index (χ4n) is 2.17. The highest BCUT2D eigenvalue weighted by molar-refractivity contribution is 8.00. The maximum Gasteiger partial charge on any atom is 0.221 e. The number of carbonyl (C=O) groups is 1. The monoisotopic (exact) mass is 300 g/mol. The molecule has 0 saturated carbocycles. The highest BCUT2D eigenvalue weighted by Gasteiger charge is 2.21. The molecule has 0 aromatic heterocycles. The third-order valence-electron chi connectivity index (χ3n) is 3.19. The summed E-state index contributed by atoms with van der Waals surface area (Å²) in [5.74, 6) is 2.15. The van der Waals surface area contributed by atoms with Crippen molar-refractivity contribution in [2.24, 2.45) is 4.99 Å². The Labute approximate surface area is 127 Å². The first kappa shape index (κ1) is 17.1. The maximum absolute atomic E-state index is 11.6. The first-order chi connectivity index (χ1) is 9.56. The molecule has 0 aliphatic carbocycles. The zero-order valence-electron chi connectivity index (χ0n) is 13.1. The normalized spacial score (nSPS) is 20.1. The molecule has 0 aromatic carbocycles. The third-order valence-corrected chi connectivity index (χ3v) is 4.56. The van der Waals surface area contributed by atoms with Crippen molar-refractivity contribution in [3.05, 3.63) is 0 Å². The topological polar surface area (TPSA) is 56.7 Å². The van der Waals surface area contributed by atoms with Gasteiger partial charge in [-0.15, -0.1) is 0 Å². The van der Waals surface area contributed by atoms with Gasteiger partial charge in [-0.25, -0.2) is 0 Å². The number of nitrogens with one attached hydrogen (secondary N) is 2. The lowest BCUT2D eigenvalue weighted by Crippen LogP contribution is -2.48. The first-order valence-corrected chi connectivity index (χ1v) is 8.48. The standard InChI is InChI=1S/C14H28N4OS/c1-5-12-10-18(8-9-20-12)14(15-4)16-7-6-13(19)17-11(2)3/h11-12H,5-10H2,1-4H3,(H,15,16)(H,17,19). The number of thioether (sulfide) groups is 1. The largest absolute Gasteiger partial charge is 0.356 e. The number of rotatable bonds is 5. The zero-order chi connectivity index (χ0) is 15.0. The molecule has 5 nitrogen and oxygen atoms in total. The van der Waals surface area contributed by atoms with Gasteiger partial charge < -0.3 is 15.5 Å². The van der Waals surface area contributed by atoms with Gasteiger partial charge >= 0.3 is 0 Å². The molecule has 0 spiro atoms. The van der Waals surface area contributed by atoms with Crippen molar-refractivity contribution in [2.75, 3.05) is 32.4 Å². The smallest absolute Gasteiger partial charge is 0.221 e. The Hall–Kier alpha value is -0.910. The van der Waals surface area contributed by atoms with Crippen LogP contribution in [0.5, 0.6) is 0 Å². The van der Waals surface area contributed by atoms with E-state index in [0.29, 0.717) is 18.2 Å². The van der Waals surface area contributed by atoms with E-state index >= 15 is 0 Å². The second-order valence-electron chi connectivity index (χ2n) is 5.29. The van der Waals surface area contributed by atoms with Gasteiger partial charge in [-0.3, -0.25) is 9.79 Å². The predicted octanol–water partition coefficient (Wildman–Crippen LogP) is 1.30. The Morgan fingerprint density at radius 1 is 1.50 bits per heavy atom. The van der Waals surface area contributed by atoms with Crippen LogP contribution in [0.3, 0.4) is 0 Å². The van der Waals surface area contributed by atoms with Crippen LogP contribution in [0.1, 0.15) is 33.6 Å². The number of carbonyl (C=O) groups excluding carboxylic acids is 1. The van der Waals surface area contributed by atoms with Crippen LogP contribution in [-0.2, 0) is 4.79 Å². The minimum Gasteiger partial charge on any atom is -0.356 e. The second kappa shape index (κ2) is 9.10. The lowest BCUT2D eigenvalue weighted by atomic mass is 10.3. The summed E-state index contributed by atoms with van der Waals surface area (Å²) in [6.45, 7) is 8.87. The molecule has 20 heavy (non-hydrogen) atoms. The Kier molecular flexibility index (Phi) is 7.80. The number of nitrogens with zero attached hydrogens (tertiary/aromatic N) is 2. The highest BCUT2D eigenvalue weighted by atomic mass is 32.2. The number of hydrogen-bond acceptors (Lipinski definition) is 3. The van der Waals surface area contributed by atoms with E-state index in [1.165, 1.54) is 6.42 Å². The molecule has 1 heterocycles. The van der Waals surface area contributed by atoms with Gasteiger partial charge in [0.05, 0.1) is 0 Å². The number of amides is 1. The van der Waals surface area contributed by atoms with Crippen LogP contribution in [0.25, 0.3) is 0 Å². The average molecular weight is 300 g/mol. The fraction of sp³-hybridized carbons (Fsp3) is 0.857. The van der Waals surface area contributed by atoms with Crippen LogP contribution in [-0.4, -0.2) is 60.5 Å². The van der Waals surface area contributed by atoms with E-state index in [4.69, 9.17) is 0 Å². The van der Waals surface area contributed by atoms with Gasteiger partial charge in [-0.05, 0) is 20.3 Å². The molecule has 6 heteroatoms. The van der Waals surface area contributed by atoms with Gasteiger partial charge in [-0.1, -0.05) is 6.92 Å². The highest BCUT2D eigenvalue weighted by Crippen LogP contribution is 2.20. The Bertz CT molecular complexity index is 333. The predicted molar refractivity (Wildman–Crippen MR) is 87.4 cm³/mol. The van der Waals surface area contributed by atoms with Crippen molar-refractivity contribution in [2.45, 2.75) is 44.9 Å². The molecule has 0 radical (unpaired) electrons. The lowest BCUT2D eigenvalue weighted by molar-refractivity contribution is -0.121. The van der Waals surface area contributed by atoms with E-state index in [2.05, 4.69) is 27.4 Å². The van der Waals surface area contributed by atoms with E-state index in [1.807, 2.05) is 25.6 Å².